The van der Waals surface area contributed by atoms with Crippen molar-refractivity contribution in [2.45, 2.75) is 75.8 Å². The summed E-state index contributed by atoms with van der Waals surface area (Å²) in [5, 5.41) is 25.0. The highest BCUT2D eigenvalue weighted by Crippen LogP contribution is 2.42. The maximum Gasteiger partial charge on any atom is 0.411 e. The second kappa shape index (κ2) is 19.0. The van der Waals surface area contributed by atoms with Crippen molar-refractivity contribution in [3.05, 3.63) is 89.2 Å². The lowest BCUT2D eigenvalue weighted by Gasteiger charge is -2.28. The van der Waals surface area contributed by atoms with Gasteiger partial charge in [0.25, 0.3) is 5.91 Å². The number of piperidine rings is 1. The highest BCUT2D eigenvalue weighted by molar-refractivity contribution is 5.99. The van der Waals surface area contributed by atoms with E-state index >= 15 is 0 Å². The molecular formula is C41H45ClF4N8O6. The van der Waals surface area contributed by atoms with Crippen LogP contribution in [-0.4, -0.2) is 81.0 Å². The third-order valence-electron chi connectivity index (χ3n) is 10.8. The Morgan fingerprint density at radius 3 is 2.22 bits per heavy atom. The first-order valence-electron chi connectivity index (χ1n) is 19.2. The molecular weight excluding hydrogens is 812 g/mol. The summed E-state index contributed by atoms with van der Waals surface area (Å²) in [7, 11) is 0. The van der Waals surface area contributed by atoms with E-state index in [2.05, 4.69) is 31.3 Å². The minimum atomic E-state index is -5.45. The molecule has 2 aliphatic rings. The molecule has 0 radical (unpaired) electrons. The van der Waals surface area contributed by atoms with Gasteiger partial charge in [0.2, 0.25) is 23.5 Å². The molecule has 1 unspecified atom stereocenters. The van der Waals surface area contributed by atoms with Crippen molar-refractivity contribution >= 4 is 47.7 Å². The number of nitrogens with two attached hydrogens (primary N) is 1. The molecule has 2 heterocycles. The fraction of sp³-hybridized carbons (Fsp3) is 0.390. The number of anilines is 1. The molecule has 1 saturated carbocycles. The summed E-state index contributed by atoms with van der Waals surface area (Å²) in [5.74, 6) is -17.0. The lowest BCUT2D eigenvalue weighted by atomic mass is 9.81. The number of carboxylic acid groups (broad SMARTS) is 1. The number of halogens is 5. The van der Waals surface area contributed by atoms with Crippen molar-refractivity contribution in [1.29, 1.82) is 0 Å². The molecule has 1 aromatic heterocycles. The highest BCUT2D eigenvalue weighted by Gasteiger charge is 2.65. The highest BCUT2D eigenvalue weighted by atomic mass is 35.5. The minimum absolute atomic E-state index is 0. The molecule has 1 saturated heterocycles. The molecule has 6 rings (SSSR count). The first kappa shape index (κ1) is 45.2. The minimum Gasteiger partial charge on any atom is -0.477 e. The number of alkyl halides is 4. The summed E-state index contributed by atoms with van der Waals surface area (Å²) in [6, 6.07) is 16.6. The van der Waals surface area contributed by atoms with E-state index in [4.69, 9.17) is 10.8 Å². The number of hydrogen-bond donors (Lipinski definition) is 7. The van der Waals surface area contributed by atoms with E-state index in [0.29, 0.717) is 43.8 Å². The monoisotopic (exact) mass is 856 g/mol. The molecule has 60 heavy (non-hydrogen) atoms. The van der Waals surface area contributed by atoms with E-state index in [1.807, 2.05) is 37.3 Å². The molecule has 4 amide bonds. The van der Waals surface area contributed by atoms with E-state index in [1.54, 1.807) is 17.2 Å². The Hall–Kier alpha value is -5.88. The molecule has 1 aliphatic carbocycles. The van der Waals surface area contributed by atoms with Crippen LogP contribution in [0, 0.1) is 18.8 Å². The van der Waals surface area contributed by atoms with Crippen molar-refractivity contribution in [1.82, 2.24) is 31.1 Å². The Balaban J connectivity index is 0.00000683. The van der Waals surface area contributed by atoms with Gasteiger partial charge in [-0.2, -0.15) is 22.7 Å². The van der Waals surface area contributed by atoms with Crippen LogP contribution in [0.1, 0.15) is 65.8 Å². The molecule has 4 aromatic rings. The lowest BCUT2D eigenvalue weighted by molar-refractivity contribution is -0.231. The molecule has 19 heteroatoms. The number of hydrogen-bond acceptors (Lipinski definition) is 8. The molecule has 14 nitrogen and oxygen atoms in total. The molecule has 0 spiro atoms. The van der Waals surface area contributed by atoms with E-state index < -0.39 is 47.5 Å². The summed E-state index contributed by atoms with van der Waals surface area (Å²) >= 11 is 0. The number of amides is 4. The van der Waals surface area contributed by atoms with Crippen LogP contribution in [0.3, 0.4) is 0 Å². The fourth-order valence-electron chi connectivity index (χ4n) is 7.24. The van der Waals surface area contributed by atoms with Crippen molar-refractivity contribution < 1.29 is 46.6 Å². The Morgan fingerprint density at radius 2 is 1.60 bits per heavy atom. The summed E-state index contributed by atoms with van der Waals surface area (Å²) in [5.41, 5.74) is 9.90. The molecule has 0 bridgehead atoms. The summed E-state index contributed by atoms with van der Waals surface area (Å²) < 4.78 is 55.9. The van der Waals surface area contributed by atoms with Crippen LogP contribution in [0.4, 0.5) is 23.2 Å². The number of nitrogens with one attached hydrogen (secondary N) is 5. The van der Waals surface area contributed by atoms with E-state index in [1.165, 1.54) is 24.3 Å². The Morgan fingerprint density at radius 1 is 0.933 bits per heavy atom. The Bertz CT molecular complexity index is 2200. The van der Waals surface area contributed by atoms with Gasteiger partial charge in [0.1, 0.15) is 12.1 Å². The van der Waals surface area contributed by atoms with Crippen LogP contribution in [0.25, 0.3) is 22.5 Å². The van der Waals surface area contributed by atoms with Crippen LogP contribution in [0.15, 0.2) is 66.7 Å². The van der Waals surface area contributed by atoms with Gasteiger partial charge in [0.05, 0.1) is 0 Å². The van der Waals surface area contributed by atoms with Crippen molar-refractivity contribution in [3.63, 3.8) is 0 Å². The van der Waals surface area contributed by atoms with Crippen LogP contribution >= 0.6 is 12.4 Å². The number of rotatable bonds is 14. The van der Waals surface area contributed by atoms with Gasteiger partial charge in [0.15, 0.2) is 5.82 Å². The average molecular weight is 857 g/mol. The lowest BCUT2D eigenvalue weighted by Crippen LogP contribution is -2.50. The van der Waals surface area contributed by atoms with Crippen LogP contribution in [0.5, 0.6) is 0 Å². The third kappa shape index (κ3) is 10.1. The van der Waals surface area contributed by atoms with Gasteiger partial charge in [-0.25, -0.2) is 9.78 Å². The predicted molar refractivity (Wildman–Crippen MR) is 214 cm³/mol. The number of aliphatic carboxylic acids is 1. The summed E-state index contributed by atoms with van der Waals surface area (Å²) in [4.78, 5) is 66.4. The number of H-pyrrole nitrogens is 1. The largest absolute Gasteiger partial charge is 0.477 e. The predicted octanol–water partition coefficient (Wildman–Crippen LogP) is 5.12. The SMILES string of the molecule is Cc1cc(C(=O)NC2CCCNC2=O)ccc1-c1ccc(C[C@H](NC(=O)C2CCC(CN)CC2)C(=O)Nc2ccc(-c3n[nH]c(C(F)(F)C(F)(F)C(=O)O)n3)cc2)cc1.Cl. The van der Waals surface area contributed by atoms with Crippen molar-refractivity contribution in [2.75, 3.05) is 18.4 Å². The number of nitrogens with zero attached hydrogens (tertiary/aromatic N) is 2. The van der Waals surface area contributed by atoms with Crippen molar-refractivity contribution in [2.24, 2.45) is 17.6 Å². The van der Waals surface area contributed by atoms with E-state index in [-0.39, 0.29) is 53.7 Å². The third-order valence-corrected chi connectivity index (χ3v) is 10.8. The molecule has 2 fully saturated rings. The van der Waals surface area contributed by atoms with E-state index in [9.17, 15) is 41.5 Å². The number of carbonyl (C=O) groups is 5. The van der Waals surface area contributed by atoms with Gasteiger partial charge in [-0.05, 0) is 117 Å². The summed E-state index contributed by atoms with van der Waals surface area (Å²) in [6.07, 6.45) is 4.35. The van der Waals surface area contributed by atoms with Crippen LogP contribution in [-0.2, 0) is 31.5 Å². The van der Waals surface area contributed by atoms with Crippen LogP contribution < -0.4 is 27.0 Å². The molecule has 3 aromatic carbocycles. The zero-order valence-corrected chi connectivity index (χ0v) is 33.2. The fourth-order valence-corrected chi connectivity index (χ4v) is 7.24. The number of benzene rings is 3. The molecule has 1 aliphatic heterocycles. The molecule has 2 atom stereocenters. The first-order valence-corrected chi connectivity index (χ1v) is 19.2. The smallest absolute Gasteiger partial charge is 0.411 e. The maximum absolute atomic E-state index is 14.2. The van der Waals surface area contributed by atoms with E-state index in [0.717, 1.165) is 41.5 Å². The van der Waals surface area contributed by atoms with Gasteiger partial charge in [-0.3, -0.25) is 24.3 Å². The molecule has 320 valence electrons. The summed E-state index contributed by atoms with van der Waals surface area (Å²) in [6.45, 7) is 3.01. The number of aromatic amines is 1. The topological polar surface area (TPSA) is 221 Å². The van der Waals surface area contributed by atoms with Gasteiger partial charge in [0, 0.05) is 35.7 Å². The van der Waals surface area contributed by atoms with Crippen molar-refractivity contribution in [3.8, 4) is 22.5 Å². The zero-order chi connectivity index (χ0) is 42.5. The van der Waals surface area contributed by atoms with Gasteiger partial charge >= 0.3 is 17.8 Å². The number of aromatic nitrogens is 3. The second-order valence-corrected chi connectivity index (χ2v) is 14.9. The van der Waals surface area contributed by atoms with Gasteiger partial charge in [-0.15, -0.1) is 12.4 Å². The second-order valence-electron chi connectivity index (χ2n) is 14.9. The average Bonchev–Trinajstić information content (AvgIpc) is 3.73. The van der Waals surface area contributed by atoms with Gasteiger partial charge in [-0.1, -0.05) is 30.3 Å². The maximum atomic E-state index is 14.2. The number of aryl methyl sites for hydroxylation is 1. The Kier molecular flexibility index (Phi) is 14.3. The van der Waals surface area contributed by atoms with Gasteiger partial charge < -0.3 is 32.1 Å². The quantitative estimate of drug-likeness (QED) is 0.0836. The standard InChI is InChI=1S/C41H44F4N8O6.ClH/c1-22-19-28(35(55)49-31-3-2-18-47-36(31)56)14-17-30(22)25-8-4-23(5-9-25)20-32(50-34(54)27-10-6-24(21-46)7-11-27)37(57)48-29-15-12-26(13-16-29)33-51-38(53-52-33)40(42,43)41(44,45)39(58)59;/h4-5,8-9,12-17,19,24,27,31-32H,2-3,6-7,10-11,18,20-21,46H2,1H3,(H,47,56)(H,48,57)(H,49,55)(H,50,54)(H,58,59)(H,51,52,53);1H/t24?,27?,31?,32-;/m0./s1. The number of carboxylic acids is 1. The zero-order valence-electron chi connectivity index (χ0n) is 32.4. The molecule has 8 N–H and O–H groups in total. The van der Waals surface area contributed by atoms with Crippen LogP contribution in [0.2, 0.25) is 0 Å². The first-order chi connectivity index (χ1) is 28.1. The number of carbonyl (C=O) groups excluding carboxylic acids is 4. The normalized spacial score (nSPS) is 18.6. The Labute approximate surface area is 348 Å².